The van der Waals surface area contributed by atoms with Crippen molar-refractivity contribution in [3.63, 3.8) is 0 Å². The summed E-state index contributed by atoms with van der Waals surface area (Å²) < 4.78 is 16.3. The van der Waals surface area contributed by atoms with Gasteiger partial charge in [0.05, 0.1) is 19.3 Å². The molecule has 0 radical (unpaired) electrons. The van der Waals surface area contributed by atoms with E-state index in [4.69, 9.17) is 14.2 Å². The molecule has 1 aliphatic heterocycles. The van der Waals surface area contributed by atoms with E-state index in [-0.39, 0.29) is 25.1 Å². The van der Waals surface area contributed by atoms with Crippen LogP contribution in [0.4, 0.5) is 0 Å². The number of aliphatic hydroxyl groups is 1. The number of benzene rings is 1. The maximum atomic E-state index is 9.19. The molecule has 1 aliphatic rings. The molecule has 0 bridgehead atoms. The third-order valence-corrected chi connectivity index (χ3v) is 2.92. The maximum absolute atomic E-state index is 9.19. The summed E-state index contributed by atoms with van der Waals surface area (Å²) in [7, 11) is 1.60. The van der Waals surface area contributed by atoms with Gasteiger partial charge in [-0.2, -0.15) is 0 Å². The highest BCUT2D eigenvalue weighted by molar-refractivity contribution is 5.13. The minimum Gasteiger partial charge on any atom is -0.394 e. The van der Waals surface area contributed by atoms with Crippen LogP contribution < -0.4 is 0 Å². The zero-order valence-corrected chi connectivity index (χ0v) is 9.91. The number of hydrogen-bond acceptors (Lipinski definition) is 4. The third kappa shape index (κ3) is 3.26. The van der Waals surface area contributed by atoms with Crippen molar-refractivity contribution in [2.75, 3.05) is 13.7 Å². The summed E-state index contributed by atoms with van der Waals surface area (Å²) >= 11 is 0. The predicted molar refractivity (Wildman–Crippen MR) is 62.4 cm³/mol. The van der Waals surface area contributed by atoms with E-state index in [1.807, 2.05) is 30.3 Å². The monoisotopic (exact) mass is 238 g/mol. The highest BCUT2D eigenvalue weighted by Crippen LogP contribution is 2.24. The van der Waals surface area contributed by atoms with Gasteiger partial charge < -0.3 is 19.3 Å². The van der Waals surface area contributed by atoms with Crippen molar-refractivity contribution < 1.29 is 19.3 Å². The van der Waals surface area contributed by atoms with Gasteiger partial charge in [-0.05, 0) is 5.56 Å². The Morgan fingerprint density at radius 3 is 2.76 bits per heavy atom. The summed E-state index contributed by atoms with van der Waals surface area (Å²) in [6.45, 7) is 0.487. The largest absolute Gasteiger partial charge is 0.394 e. The van der Waals surface area contributed by atoms with Gasteiger partial charge in [0.25, 0.3) is 0 Å². The van der Waals surface area contributed by atoms with Gasteiger partial charge in [-0.15, -0.1) is 0 Å². The van der Waals surface area contributed by atoms with Crippen molar-refractivity contribution in [1.82, 2.24) is 0 Å². The first kappa shape index (κ1) is 12.5. The van der Waals surface area contributed by atoms with Crippen molar-refractivity contribution in [2.24, 2.45) is 0 Å². The fraction of sp³-hybridized carbons (Fsp3) is 0.538. The summed E-state index contributed by atoms with van der Waals surface area (Å²) in [5, 5.41) is 9.19. The Morgan fingerprint density at radius 1 is 1.35 bits per heavy atom. The normalized spacial score (nSPS) is 28.5. The third-order valence-electron chi connectivity index (χ3n) is 2.92. The van der Waals surface area contributed by atoms with Crippen LogP contribution >= 0.6 is 0 Å². The lowest BCUT2D eigenvalue weighted by atomic mass is 10.2. The molecule has 4 nitrogen and oxygen atoms in total. The van der Waals surface area contributed by atoms with Gasteiger partial charge in [-0.3, -0.25) is 0 Å². The van der Waals surface area contributed by atoms with Crippen LogP contribution in [0, 0.1) is 0 Å². The van der Waals surface area contributed by atoms with E-state index in [0.717, 1.165) is 5.56 Å². The van der Waals surface area contributed by atoms with Crippen molar-refractivity contribution >= 4 is 0 Å². The van der Waals surface area contributed by atoms with Gasteiger partial charge in [-0.25, -0.2) is 0 Å². The van der Waals surface area contributed by atoms with Crippen LogP contribution in [0.25, 0.3) is 0 Å². The lowest BCUT2D eigenvalue weighted by Crippen LogP contribution is -2.27. The van der Waals surface area contributed by atoms with E-state index in [1.165, 1.54) is 0 Å². The van der Waals surface area contributed by atoms with Gasteiger partial charge in [0.15, 0.2) is 6.29 Å². The maximum Gasteiger partial charge on any atom is 0.160 e. The second-order valence-electron chi connectivity index (χ2n) is 4.09. The Bertz CT molecular complexity index is 327. The second-order valence-corrected chi connectivity index (χ2v) is 4.09. The second kappa shape index (κ2) is 6.12. The van der Waals surface area contributed by atoms with Crippen LogP contribution in [0.2, 0.25) is 0 Å². The molecule has 0 spiro atoms. The van der Waals surface area contributed by atoms with Crippen LogP contribution in [0.3, 0.4) is 0 Å². The quantitative estimate of drug-likeness (QED) is 0.840. The molecule has 4 heteroatoms. The zero-order chi connectivity index (χ0) is 12.1. The summed E-state index contributed by atoms with van der Waals surface area (Å²) in [5.41, 5.74) is 1.12. The zero-order valence-electron chi connectivity index (χ0n) is 9.91. The predicted octanol–water partition coefficient (Wildman–Crippen LogP) is 1.33. The van der Waals surface area contributed by atoms with E-state index in [2.05, 4.69) is 0 Å². The Balaban J connectivity index is 1.86. The van der Waals surface area contributed by atoms with Crippen LogP contribution in [0.15, 0.2) is 30.3 Å². The van der Waals surface area contributed by atoms with Crippen LogP contribution in [-0.2, 0) is 20.8 Å². The average Bonchev–Trinajstić information content (AvgIpc) is 2.80. The van der Waals surface area contributed by atoms with Crippen molar-refractivity contribution in [3.8, 4) is 0 Å². The highest BCUT2D eigenvalue weighted by atomic mass is 16.7. The van der Waals surface area contributed by atoms with Crippen LogP contribution in [0.1, 0.15) is 12.0 Å². The highest BCUT2D eigenvalue weighted by Gasteiger charge is 2.35. The lowest BCUT2D eigenvalue weighted by Gasteiger charge is -2.16. The van der Waals surface area contributed by atoms with Crippen molar-refractivity contribution in [1.29, 1.82) is 0 Å². The van der Waals surface area contributed by atoms with E-state index < -0.39 is 0 Å². The molecule has 17 heavy (non-hydrogen) atoms. The molecular formula is C13H18O4. The molecule has 94 valence electrons. The summed E-state index contributed by atoms with van der Waals surface area (Å²) in [5.74, 6) is 0. The molecule has 1 saturated heterocycles. The number of rotatable bonds is 5. The molecule has 1 N–H and O–H groups in total. The minimum absolute atomic E-state index is 0.0423. The number of hydrogen-bond donors (Lipinski definition) is 1. The molecule has 2 rings (SSSR count). The fourth-order valence-corrected chi connectivity index (χ4v) is 1.94. The summed E-state index contributed by atoms with van der Waals surface area (Å²) in [4.78, 5) is 0. The van der Waals surface area contributed by atoms with Gasteiger partial charge in [0, 0.05) is 13.5 Å². The first-order valence-corrected chi connectivity index (χ1v) is 5.78. The molecule has 0 amide bonds. The van der Waals surface area contributed by atoms with Gasteiger partial charge in [0.2, 0.25) is 0 Å². The van der Waals surface area contributed by atoms with E-state index >= 15 is 0 Å². The Kier molecular flexibility index (Phi) is 4.50. The Hall–Kier alpha value is -0.940. The fourth-order valence-electron chi connectivity index (χ4n) is 1.94. The number of methoxy groups -OCH3 is 1. The number of ether oxygens (including phenoxy) is 3. The molecule has 1 aromatic carbocycles. The smallest absolute Gasteiger partial charge is 0.160 e. The first-order valence-electron chi connectivity index (χ1n) is 5.78. The minimum atomic E-state index is -0.288. The molecular weight excluding hydrogens is 220 g/mol. The van der Waals surface area contributed by atoms with E-state index in [9.17, 15) is 5.11 Å². The van der Waals surface area contributed by atoms with Gasteiger partial charge in [0.1, 0.15) is 6.10 Å². The molecule has 1 heterocycles. The summed E-state index contributed by atoms with van der Waals surface area (Å²) in [6, 6.07) is 9.95. The molecule has 1 unspecified atom stereocenters. The van der Waals surface area contributed by atoms with Crippen molar-refractivity contribution in [2.45, 2.75) is 31.5 Å². The molecule has 0 saturated carbocycles. The molecule has 0 aliphatic carbocycles. The lowest BCUT2D eigenvalue weighted by molar-refractivity contribution is -0.130. The SMILES string of the molecule is COC1C[C@@H](OCc2ccccc2)[C@@H](CO)O1. The molecule has 0 aromatic heterocycles. The Morgan fingerprint density at radius 2 is 2.12 bits per heavy atom. The van der Waals surface area contributed by atoms with E-state index in [1.54, 1.807) is 7.11 Å². The summed E-state index contributed by atoms with van der Waals surface area (Å²) in [6.07, 6.45) is -0.00378. The molecule has 3 atom stereocenters. The van der Waals surface area contributed by atoms with Crippen LogP contribution in [0.5, 0.6) is 0 Å². The number of aliphatic hydroxyl groups excluding tert-OH is 1. The van der Waals surface area contributed by atoms with Crippen LogP contribution in [-0.4, -0.2) is 37.3 Å². The topological polar surface area (TPSA) is 47.9 Å². The van der Waals surface area contributed by atoms with E-state index in [0.29, 0.717) is 13.0 Å². The Labute approximate surface area is 101 Å². The average molecular weight is 238 g/mol. The molecule has 1 fully saturated rings. The molecule has 1 aromatic rings. The first-order chi connectivity index (χ1) is 8.33. The van der Waals surface area contributed by atoms with Gasteiger partial charge >= 0.3 is 0 Å². The van der Waals surface area contributed by atoms with Crippen molar-refractivity contribution in [3.05, 3.63) is 35.9 Å². The van der Waals surface area contributed by atoms with Gasteiger partial charge in [-0.1, -0.05) is 30.3 Å². The standard InChI is InChI=1S/C13H18O4/c1-15-13-7-11(12(8-14)17-13)16-9-10-5-3-2-4-6-10/h2-6,11-14H,7-9H2,1H3/t11-,12-,13?/m1/s1.